The van der Waals surface area contributed by atoms with Gasteiger partial charge in [0.15, 0.2) is 0 Å². The first-order chi connectivity index (χ1) is 17.8. The number of nitrogens with zero attached hydrogens (tertiary/aromatic N) is 4. The third kappa shape index (κ3) is 8.65. The van der Waals surface area contributed by atoms with Gasteiger partial charge in [-0.05, 0) is 82.8 Å². The lowest BCUT2D eigenvalue weighted by atomic mass is 9.85. The van der Waals surface area contributed by atoms with Crippen molar-refractivity contribution in [3.05, 3.63) is 23.3 Å². The molecule has 0 aliphatic heterocycles. The van der Waals surface area contributed by atoms with Crippen molar-refractivity contribution in [2.24, 2.45) is 5.92 Å². The number of aryl methyl sites for hydroxylation is 2. The van der Waals surface area contributed by atoms with Gasteiger partial charge in [-0.25, -0.2) is 8.42 Å². The van der Waals surface area contributed by atoms with Crippen molar-refractivity contribution in [2.45, 2.75) is 50.5 Å². The SMILES string of the molecule is COc1cc(C)c(S(=O)(=O)N(C)CCOCC(=O)N(C)C[C@H]2CC[C@@H](N(C)C(=O)CN(C)C)CC2)c(C)c1. The number of carbonyl (C=O) groups excluding carboxylic acids is 2. The normalized spacial score (nSPS) is 18.1. The molecule has 2 rings (SSSR count). The van der Waals surface area contributed by atoms with Crippen LogP contribution in [-0.4, -0.2) is 120 Å². The Hall–Kier alpha value is -2.21. The van der Waals surface area contributed by atoms with Gasteiger partial charge < -0.3 is 24.2 Å². The summed E-state index contributed by atoms with van der Waals surface area (Å²) in [5.74, 6) is 1.02. The summed E-state index contributed by atoms with van der Waals surface area (Å²) in [6.45, 7) is 4.70. The Labute approximate surface area is 228 Å². The van der Waals surface area contributed by atoms with E-state index in [2.05, 4.69) is 0 Å². The van der Waals surface area contributed by atoms with Crippen LogP contribution >= 0.6 is 0 Å². The standard InChI is InChI=1S/C27H46N4O6S/c1-20-15-24(36-8)16-21(2)27(20)38(34,35)30(6)13-14-37-19-26(33)29(5)17-22-9-11-23(12-10-22)31(7)25(32)18-28(3)4/h15-16,22-23H,9-14,17-19H2,1-8H3/t22-,23+. The summed E-state index contributed by atoms with van der Waals surface area (Å²) >= 11 is 0. The fourth-order valence-corrected chi connectivity index (χ4v) is 6.52. The highest BCUT2D eigenvalue weighted by molar-refractivity contribution is 7.89. The molecule has 216 valence electrons. The molecule has 11 heteroatoms. The Bertz CT molecular complexity index is 1030. The highest BCUT2D eigenvalue weighted by Crippen LogP contribution is 2.29. The molecule has 0 unspecified atom stereocenters. The maximum atomic E-state index is 13.1. The average Bonchev–Trinajstić information content (AvgIpc) is 2.85. The topological polar surface area (TPSA) is 99.7 Å². The van der Waals surface area contributed by atoms with Crippen LogP contribution in [0.4, 0.5) is 0 Å². The number of carbonyl (C=O) groups is 2. The minimum Gasteiger partial charge on any atom is -0.497 e. The van der Waals surface area contributed by atoms with Crippen molar-refractivity contribution >= 4 is 21.8 Å². The lowest BCUT2D eigenvalue weighted by molar-refractivity contribution is -0.135. The summed E-state index contributed by atoms with van der Waals surface area (Å²) in [6.07, 6.45) is 3.81. The molecule has 1 fully saturated rings. The summed E-state index contributed by atoms with van der Waals surface area (Å²) in [5.41, 5.74) is 1.24. The fraction of sp³-hybridized carbons (Fsp3) is 0.704. The van der Waals surface area contributed by atoms with Crippen LogP contribution in [0.2, 0.25) is 0 Å². The Morgan fingerprint density at radius 1 is 0.947 bits per heavy atom. The Kier molecular flexibility index (Phi) is 12.0. The van der Waals surface area contributed by atoms with E-state index < -0.39 is 10.0 Å². The van der Waals surface area contributed by atoms with Crippen molar-refractivity contribution < 1.29 is 27.5 Å². The summed E-state index contributed by atoms with van der Waals surface area (Å²) < 4.78 is 38.2. The second-order valence-corrected chi connectivity index (χ2v) is 12.6. The molecule has 0 N–H and O–H groups in total. The van der Waals surface area contributed by atoms with E-state index in [9.17, 15) is 18.0 Å². The number of benzene rings is 1. The summed E-state index contributed by atoms with van der Waals surface area (Å²) in [5, 5.41) is 0. The number of sulfonamides is 1. The van der Waals surface area contributed by atoms with Gasteiger partial charge >= 0.3 is 0 Å². The fourth-order valence-electron chi connectivity index (χ4n) is 4.96. The maximum Gasteiger partial charge on any atom is 0.248 e. The van der Waals surface area contributed by atoms with E-state index in [1.54, 1.807) is 45.0 Å². The predicted octanol–water partition coefficient (Wildman–Crippen LogP) is 1.99. The number of hydrogen-bond donors (Lipinski definition) is 0. The highest BCUT2D eigenvalue weighted by atomic mass is 32.2. The molecule has 0 atom stereocenters. The second kappa shape index (κ2) is 14.3. The van der Waals surface area contributed by atoms with Gasteiger partial charge in [-0.15, -0.1) is 0 Å². The number of likely N-dealkylation sites (N-methyl/N-ethyl adjacent to an activating group) is 4. The smallest absolute Gasteiger partial charge is 0.248 e. The van der Waals surface area contributed by atoms with Crippen LogP contribution in [0.15, 0.2) is 17.0 Å². The molecule has 0 saturated heterocycles. The van der Waals surface area contributed by atoms with Crippen LogP contribution in [0.1, 0.15) is 36.8 Å². The van der Waals surface area contributed by atoms with Gasteiger partial charge in [-0.2, -0.15) is 4.31 Å². The molecular formula is C27H46N4O6S. The molecule has 1 saturated carbocycles. The Morgan fingerprint density at radius 3 is 2.05 bits per heavy atom. The van der Waals surface area contributed by atoms with E-state index in [1.807, 2.05) is 30.9 Å². The average molecular weight is 555 g/mol. The second-order valence-electron chi connectivity index (χ2n) is 10.7. The van der Waals surface area contributed by atoms with E-state index in [1.165, 1.54) is 11.4 Å². The molecule has 0 spiro atoms. The van der Waals surface area contributed by atoms with Gasteiger partial charge in [0, 0.05) is 40.3 Å². The van der Waals surface area contributed by atoms with Gasteiger partial charge in [-0.3, -0.25) is 9.59 Å². The van der Waals surface area contributed by atoms with Gasteiger partial charge in [-0.1, -0.05) is 0 Å². The molecule has 1 aromatic carbocycles. The molecule has 1 aliphatic carbocycles. The van der Waals surface area contributed by atoms with Crippen LogP contribution < -0.4 is 4.74 Å². The molecule has 1 aromatic rings. The van der Waals surface area contributed by atoms with Gasteiger partial charge in [0.05, 0.1) is 25.2 Å². The first-order valence-electron chi connectivity index (χ1n) is 13.1. The first-order valence-corrected chi connectivity index (χ1v) is 14.6. The van der Waals surface area contributed by atoms with Crippen molar-refractivity contribution in [3.63, 3.8) is 0 Å². The van der Waals surface area contributed by atoms with Crippen molar-refractivity contribution in [3.8, 4) is 5.75 Å². The number of rotatable bonds is 13. The molecular weight excluding hydrogens is 508 g/mol. The van der Waals surface area contributed by atoms with E-state index in [4.69, 9.17) is 9.47 Å². The molecule has 1 aliphatic rings. The van der Waals surface area contributed by atoms with E-state index in [0.717, 1.165) is 25.7 Å². The quantitative estimate of drug-likeness (QED) is 0.344. The molecule has 38 heavy (non-hydrogen) atoms. The minimum atomic E-state index is -3.71. The lowest BCUT2D eigenvalue weighted by Gasteiger charge is -2.36. The van der Waals surface area contributed by atoms with Gasteiger partial charge in [0.25, 0.3) is 0 Å². The summed E-state index contributed by atoms with van der Waals surface area (Å²) in [4.78, 5) is 30.6. The monoisotopic (exact) mass is 554 g/mol. The molecule has 0 heterocycles. The lowest BCUT2D eigenvalue weighted by Crippen LogP contribution is -2.44. The maximum absolute atomic E-state index is 13.1. The predicted molar refractivity (Wildman–Crippen MR) is 148 cm³/mol. The zero-order chi connectivity index (χ0) is 28.6. The molecule has 2 amide bonds. The number of hydrogen-bond acceptors (Lipinski definition) is 7. The zero-order valence-corrected chi connectivity index (χ0v) is 25.1. The summed E-state index contributed by atoms with van der Waals surface area (Å²) in [7, 11) is 6.79. The minimum absolute atomic E-state index is 0.0951. The summed E-state index contributed by atoms with van der Waals surface area (Å²) in [6, 6.07) is 3.66. The first kappa shape index (κ1) is 32.0. The van der Waals surface area contributed by atoms with Crippen molar-refractivity contribution in [1.29, 1.82) is 0 Å². The Balaban J connectivity index is 1.76. The van der Waals surface area contributed by atoms with E-state index in [-0.39, 0.29) is 42.5 Å². The third-order valence-corrected chi connectivity index (χ3v) is 9.44. The van der Waals surface area contributed by atoms with Crippen LogP contribution in [0.25, 0.3) is 0 Å². The van der Waals surface area contributed by atoms with Crippen molar-refractivity contribution in [2.75, 3.05) is 75.2 Å². The molecule has 10 nitrogen and oxygen atoms in total. The molecule has 0 bridgehead atoms. The number of ether oxygens (including phenoxy) is 2. The van der Waals surface area contributed by atoms with Crippen LogP contribution in [0.5, 0.6) is 5.75 Å². The number of amides is 2. The van der Waals surface area contributed by atoms with Crippen LogP contribution in [0, 0.1) is 19.8 Å². The van der Waals surface area contributed by atoms with Crippen LogP contribution in [-0.2, 0) is 24.3 Å². The van der Waals surface area contributed by atoms with Gasteiger partial charge in [0.1, 0.15) is 12.4 Å². The molecule has 0 radical (unpaired) electrons. The van der Waals surface area contributed by atoms with E-state index in [0.29, 0.717) is 35.9 Å². The zero-order valence-electron chi connectivity index (χ0n) is 24.3. The van der Waals surface area contributed by atoms with Gasteiger partial charge in [0.2, 0.25) is 21.8 Å². The van der Waals surface area contributed by atoms with Crippen LogP contribution in [0.3, 0.4) is 0 Å². The molecule has 0 aromatic heterocycles. The van der Waals surface area contributed by atoms with E-state index >= 15 is 0 Å². The highest BCUT2D eigenvalue weighted by Gasteiger charge is 2.28. The number of methoxy groups -OCH3 is 1. The Morgan fingerprint density at radius 2 is 1.53 bits per heavy atom. The van der Waals surface area contributed by atoms with Crippen molar-refractivity contribution in [1.82, 2.24) is 19.0 Å². The largest absolute Gasteiger partial charge is 0.497 e. The third-order valence-electron chi connectivity index (χ3n) is 7.28.